The van der Waals surface area contributed by atoms with E-state index in [4.69, 9.17) is 5.73 Å². The first kappa shape index (κ1) is 13.0. The van der Waals surface area contributed by atoms with Crippen LogP contribution in [0.3, 0.4) is 0 Å². The van der Waals surface area contributed by atoms with Gasteiger partial charge in [0, 0.05) is 5.54 Å². The number of nitrogens with two attached hydrogens (primary N) is 1. The van der Waals surface area contributed by atoms with Crippen molar-refractivity contribution in [3.8, 4) is 0 Å². The Morgan fingerprint density at radius 1 is 1.07 bits per heavy atom. The summed E-state index contributed by atoms with van der Waals surface area (Å²) in [5, 5.41) is 0. The fourth-order valence-electron chi connectivity index (χ4n) is 3.17. The van der Waals surface area contributed by atoms with Crippen LogP contribution in [0, 0.1) is 5.41 Å². The fourth-order valence-corrected chi connectivity index (χ4v) is 3.17. The third-order valence-electron chi connectivity index (χ3n) is 3.89. The molecule has 1 nitrogen and oxygen atoms in total. The summed E-state index contributed by atoms with van der Waals surface area (Å²) in [5.41, 5.74) is 7.16. The quantitative estimate of drug-likeness (QED) is 0.676. The van der Waals surface area contributed by atoms with Crippen LogP contribution < -0.4 is 5.73 Å². The molecular formula is C14H29N. The predicted octanol–water partition coefficient (Wildman–Crippen LogP) is 4.25. The van der Waals surface area contributed by atoms with E-state index in [1.807, 2.05) is 0 Å². The van der Waals surface area contributed by atoms with Gasteiger partial charge in [0.2, 0.25) is 0 Å². The maximum Gasteiger partial charge on any atom is 0.0159 e. The van der Waals surface area contributed by atoms with Crippen LogP contribution in [0.1, 0.15) is 78.6 Å². The van der Waals surface area contributed by atoms with Crippen molar-refractivity contribution in [2.45, 2.75) is 84.1 Å². The van der Waals surface area contributed by atoms with Crippen molar-refractivity contribution in [2.24, 2.45) is 11.1 Å². The molecule has 0 amide bonds. The molecule has 15 heavy (non-hydrogen) atoms. The van der Waals surface area contributed by atoms with Crippen LogP contribution in [0.4, 0.5) is 0 Å². The molecule has 0 heterocycles. The summed E-state index contributed by atoms with van der Waals surface area (Å²) in [4.78, 5) is 0. The van der Waals surface area contributed by atoms with Crippen molar-refractivity contribution in [2.75, 3.05) is 0 Å². The van der Waals surface area contributed by atoms with Crippen molar-refractivity contribution in [1.82, 2.24) is 0 Å². The van der Waals surface area contributed by atoms with Gasteiger partial charge in [-0.05, 0) is 31.1 Å². The van der Waals surface area contributed by atoms with Gasteiger partial charge in [-0.15, -0.1) is 0 Å². The van der Waals surface area contributed by atoms with E-state index in [0.717, 1.165) is 0 Å². The van der Waals surface area contributed by atoms with Crippen LogP contribution >= 0.6 is 0 Å². The summed E-state index contributed by atoms with van der Waals surface area (Å²) in [7, 11) is 0. The molecule has 0 aromatic heterocycles. The normalized spacial score (nSPS) is 30.4. The molecule has 1 aliphatic rings. The second-order valence-electron chi connectivity index (χ2n) is 6.37. The van der Waals surface area contributed by atoms with E-state index in [-0.39, 0.29) is 5.54 Å². The molecule has 0 spiro atoms. The molecule has 1 saturated carbocycles. The Morgan fingerprint density at radius 2 is 1.80 bits per heavy atom. The van der Waals surface area contributed by atoms with Gasteiger partial charge in [0.1, 0.15) is 0 Å². The van der Waals surface area contributed by atoms with Crippen molar-refractivity contribution in [1.29, 1.82) is 0 Å². The van der Waals surface area contributed by atoms with E-state index in [1.54, 1.807) is 0 Å². The van der Waals surface area contributed by atoms with Crippen LogP contribution in [-0.2, 0) is 0 Å². The van der Waals surface area contributed by atoms with Crippen LogP contribution in [-0.4, -0.2) is 5.54 Å². The van der Waals surface area contributed by atoms with E-state index in [9.17, 15) is 0 Å². The highest BCUT2D eigenvalue weighted by atomic mass is 14.8. The zero-order valence-electron chi connectivity index (χ0n) is 10.9. The number of unbranched alkanes of at least 4 members (excludes halogenated alkanes) is 3. The molecule has 0 radical (unpaired) electrons. The number of hydrogen-bond donors (Lipinski definition) is 1. The lowest BCUT2D eigenvalue weighted by atomic mass is 9.67. The molecule has 1 rings (SSSR count). The van der Waals surface area contributed by atoms with Crippen molar-refractivity contribution in [3.05, 3.63) is 0 Å². The minimum Gasteiger partial charge on any atom is -0.325 e. The molecule has 1 fully saturated rings. The van der Waals surface area contributed by atoms with Gasteiger partial charge in [0.05, 0.1) is 0 Å². The summed E-state index contributed by atoms with van der Waals surface area (Å²) in [6, 6.07) is 0. The highest BCUT2D eigenvalue weighted by Gasteiger charge is 2.36. The molecule has 0 aromatic carbocycles. The number of rotatable bonds is 5. The molecule has 0 aliphatic heterocycles. The maximum atomic E-state index is 6.52. The molecule has 0 aromatic rings. The van der Waals surface area contributed by atoms with Crippen molar-refractivity contribution < 1.29 is 0 Å². The van der Waals surface area contributed by atoms with Gasteiger partial charge in [0.15, 0.2) is 0 Å². The fraction of sp³-hybridized carbons (Fsp3) is 1.00. The minimum atomic E-state index is 0.162. The minimum absolute atomic E-state index is 0.162. The second kappa shape index (κ2) is 5.34. The Bertz CT molecular complexity index is 186. The van der Waals surface area contributed by atoms with Gasteiger partial charge in [0.25, 0.3) is 0 Å². The standard InChI is InChI=1S/C14H29N/c1-4-5-6-7-10-14(15)11-8-9-13(2,3)12-14/h4-12,15H2,1-3H3. The molecule has 1 unspecified atom stereocenters. The SMILES string of the molecule is CCCCCCC1(N)CCCC(C)(C)C1. The first-order valence-electron chi connectivity index (χ1n) is 6.76. The van der Waals surface area contributed by atoms with Gasteiger partial charge in [-0.1, -0.05) is 52.9 Å². The molecule has 90 valence electrons. The summed E-state index contributed by atoms with van der Waals surface area (Å²) < 4.78 is 0. The van der Waals surface area contributed by atoms with Crippen LogP contribution in [0.2, 0.25) is 0 Å². The summed E-state index contributed by atoms with van der Waals surface area (Å²) in [6.07, 6.45) is 11.8. The van der Waals surface area contributed by atoms with Gasteiger partial charge < -0.3 is 5.73 Å². The van der Waals surface area contributed by atoms with Crippen LogP contribution in [0.15, 0.2) is 0 Å². The van der Waals surface area contributed by atoms with Gasteiger partial charge in [-0.2, -0.15) is 0 Å². The zero-order valence-corrected chi connectivity index (χ0v) is 10.9. The van der Waals surface area contributed by atoms with Gasteiger partial charge >= 0.3 is 0 Å². The van der Waals surface area contributed by atoms with Gasteiger partial charge in [-0.3, -0.25) is 0 Å². The molecule has 1 heteroatoms. The zero-order chi connectivity index (χ0) is 11.4. The van der Waals surface area contributed by atoms with E-state index >= 15 is 0 Å². The number of hydrogen-bond acceptors (Lipinski definition) is 1. The third kappa shape index (κ3) is 4.55. The predicted molar refractivity (Wildman–Crippen MR) is 67.9 cm³/mol. The Hall–Kier alpha value is -0.0400. The lowest BCUT2D eigenvalue weighted by Crippen LogP contribution is -2.46. The summed E-state index contributed by atoms with van der Waals surface area (Å²) in [6.45, 7) is 7.02. The summed E-state index contributed by atoms with van der Waals surface area (Å²) in [5.74, 6) is 0. The van der Waals surface area contributed by atoms with Crippen LogP contribution in [0.25, 0.3) is 0 Å². The largest absolute Gasteiger partial charge is 0.325 e. The van der Waals surface area contributed by atoms with Gasteiger partial charge in [-0.25, -0.2) is 0 Å². The van der Waals surface area contributed by atoms with Crippen molar-refractivity contribution in [3.63, 3.8) is 0 Å². The van der Waals surface area contributed by atoms with E-state index in [2.05, 4.69) is 20.8 Å². The molecule has 2 N–H and O–H groups in total. The monoisotopic (exact) mass is 211 g/mol. The first-order valence-corrected chi connectivity index (χ1v) is 6.76. The molecule has 1 aliphatic carbocycles. The van der Waals surface area contributed by atoms with Crippen LogP contribution in [0.5, 0.6) is 0 Å². The highest BCUT2D eigenvalue weighted by Crippen LogP contribution is 2.41. The molecular weight excluding hydrogens is 182 g/mol. The lowest BCUT2D eigenvalue weighted by Gasteiger charge is -2.42. The van der Waals surface area contributed by atoms with E-state index in [0.29, 0.717) is 5.41 Å². The van der Waals surface area contributed by atoms with E-state index < -0.39 is 0 Å². The molecule has 0 saturated heterocycles. The Labute approximate surface area is 95.8 Å². The molecule has 1 atom stereocenters. The maximum absolute atomic E-state index is 6.52. The van der Waals surface area contributed by atoms with Crippen molar-refractivity contribution >= 4 is 0 Å². The average molecular weight is 211 g/mol. The highest BCUT2D eigenvalue weighted by molar-refractivity contribution is 4.93. The summed E-state index contributed by atoms with van der Waals surface area (Å²) >= 11 is 0. The topological polar surface area (TPSA) is 26.0 Å². The Kier molecular flexibility index (Phi) is 4.64. The third-order valence-corrected chi connectivity index (χ3v) is 3.89. The Balaban J connectivity index is 2.31. The second-order valence-corrected chi connectivity index (χ2v) is 6.37. The lowest BCUT2D eigenvalue weighted by molar-refractivity contribution is 0.141. The Morgan fingerprint density at radius 3 is 2.40 bits per heavy atom. The first-order chi connectivity index (χ1) is 6.97. The smallest absolute Gasteiger partial charge is 0.0159 e. The average Bonchev–Trinajstić information content (AvgIpc) is 2.10. The molecule has 0 bridgehead atoms. The van der Waals surface area contributed by atoms with E-state index in [1.165, 1.54) is 57.8 Å².